The Labute approximate surface area is 157 Å². The minimum atomic E-state index is -3.49. The SMILES string of the molecule is CCN(CC)CCNC(=O)c1ccc(S(=O)(=O)N2CCCCC2C)cc1. The number of amides is 1. The quantitative estimate of drug-likeness (QED) is 0.750. The smallest absolute Gasteiger partial charge is 0.251 e. The van der Waals surface area contributed by atoms with Crippen molar-refractivity contribution < 1.29 is 13.2 Å². The molecule has 1 fully saturated rings. The summed E-state index contributed by atoms with van der Waals surface area (Å²) >= 11 is 0. The average Bonchev–Trinajstić information content (AvgIpc) is 2.65. The van der Waals surface area contributed by atoms with E-state index >= 15 is 0 Å². The fraction of sp³-hybridized carbons (Fsp3) is 0.632. The third-order valence-electron chi connectivity index (χ3n) is 5.07. The molecular formula is C19H31N3O3S. The number of likely N-dealkylation sites (N-methyl/N-ethyl adjacent to an activating group) is 1. The van der Waals surface area contributed by atoms with Crippen molar-refractivity contribution in [3.8, 4) is 0 Å². The van der Waals surface area contributed by atoms with Gasteiger partial charge in [0.1, 0.15) is 0 Å². The Morgan fingerprint density at radius 2 is 1.85 bits per heavy atom. The third-order valence-corrected chi connectivity index (χ3v) is 7.10. The van der Waals surface area contributed by atoms with Gasteiger partial charge in [0.05, 0.1) is 4.90 Å². The van der Waals surface area contributed by atoms with Gasteiger partial charge in [-0.25, -0.2) is 8.42 Å². The van der Waals surface area contributed by atoms with Crippen LogP contribution in [0.25, 0.3) is 0 Å². The van der Waals surface area contributed by atoms with Crippen molar-refractivity contribution in [3.05, 3.63) is 29.8 Å². The first-order valence-electron chi connectivity index (χ1n) is 9.52. The molecule has 1 aromatic rings. The number of carbonyl (C=O) groups is 1. The molecule has 0 radical (unpaired) electrons. The summed E-state index contributed by atoms with van der Waals surface area (Å²) in [6.07, 6.45) is 2.86. The van der Waals surface area contributed by atoms with Crippen LogP contribution in [0.5, 0.6) is 0 Å². The van der Waals surface area contributed by atoms with Crippen LogP contribution in [-0.2, 0) is 10.0 Å². The summed E-state index contributed by atoms with van der Waals surface area (Å²) in [7, 11) is -3.49. The fourth-order valence-corrected chi connectivity index (χ4v) is 5.01. The molecule has 0 aromatic heterocycles. The average molecular weight is 382 g/mol. The van der Waals surface area contributed by atoms with Gasteiger partial charge in [-0.1, -0.05) is 20.3 Å². The molecule has 1 aliphatic heterocycles. The standard InChI is InChI=1S/C19H31N3O3S/c1-4-21(5-2)15-13-20-19(23)17-9-11-18(12-10-17)26(24,25)22-14-7-6-8-16(22)3/h9-12,16H,4-8,13-15H2,1-3H3,(H,20,23). The van der Waals surface area contributed by atoms with Crippen molar-refractivity contribution in [3.63, 3.8) is 0 Å². The fourth-order valence-electron chi connectivity index (χ4n) is 3.31. The molecule has 1 aliphatic rings. The molecule has 1 unspecified atom stereocenters. The van der Waals surface area contributed by atoms with Gasteiger partial charge in [0.2, 0.25) is 10.0 Å². The maximum Gasteiger partial charge on any atom is 0.251 e. The molecule has 6 nitrogen and oxygen atoms in total. The van der Waals surface area contributed by atoms with Gasteiger partial charge < -0.3 is 10.2 Å². The van der Waals surface area contributed by atoms with Gasteiger partial charge in [0, 0.05) is 31.2 Å². The highest BCUT2D eigenvalue weighted by atomic mass is 32.2. The molecule has 0 spiro atoms. The zero-order valence-corrected chi connectivity index (χ0v) is 16.9. The summed E-state index contributed by atoms with van der Waals surface area (Å²) < 4.78 is 27.2. The molecule has 7 heteroatoms. The Morgan fingerprint density at radius 1 is 1.19 bits per heavy atom. The second kappa shape index (κ2) is 9.48. The maximum atomic E-state index is 12.8. The van der Waals surface area contributed by atoms with E-state index < -0.39 is 10.0 Å². The van der Waals surface area contributed by atoms with Crippen LogP contribution in [0.3, 0.4) is 0 Å². The maximum absolute atomic E-state index is 12.8. The summed E-state index contributed by atoms with van der Waals surface area (Å²) in [5.74, 6) is -0.174. The third kappa shape index (κ3) is 5.05. The number of rotatable bonds is 8. The second-order valence-electron chi connectivity index (χ2n) is 6.77. The Balaban J connectivity index is 1.99. The minimum absolute atomic E-state index is 0.0248. The zero-order valence-electron chi connectivity index (χ0n) is 16.1. The van der Waals surface area contributed by atoms with Gasteiger partial charge in [-0.05, 0) is 57.1 Å². The summed E-state index contributed by atoms with van der Waals surface area (Å²) in [6.45, 7) is 9.98. The van der Waals surface area contributed by atoms with Crippen LogP contribution in [-0.4, -0.2) is 62.3 Å². The van der Waals surface area contributed by atoms with E-state index in [2.05, 4.69) is 24.1 Å². The van der Waals surface area contributed by atoms with Crippen LogP contribution in [0.4, 0.5) is 0 Å². The highest BCUT2D eigenvalue weighted by Crippen LogP contribution is 2.25. The molecule has 1 amide bonds. The topological polar surface area (TPSA) is 69.7 Å². The van der Waals surface area contributed by atoms with Crippen LogP contribution in [0.2, 0.25) is 0 Å². The molecular weight excluding hydrogens is 350 g/mol. The van der Waals surface area contributed by atoms with Gasteiger partial charge in [0.25, 0.3) is 5.91 Å². The lowest BCUT2D eigenvalue weighted by atomic mass is 10.1. The van der Waals surface area contributed by atoms with Crippen LogP contribution < -0.4 is 5.32 Å². The summed E-state index contributed by atoms with van der Waals surface area (Å²) in [4.78, 5) is 14.7. The van der Waals surface area contributed by atoms with Crippen molar-refractivity contribution in [1.29, 1.82) is 0 Å². The van der Waals surface area contributed by atoms with E-state index in [-0.39, 0.29) is 16.8 Å². The predicted octanol–water partition coefficient (Wildman–Crippen LogP) is 2.32. The number of piperidine rings is 1. The number of nitrogens with zero attached hydrogens (tertiary/aromatic N) is 2. The lowest BCUT2D eigenvalue weighted by Crippen LogP contribution is -2.41. The van der Waals surface area contributed by atoms with Gasteiger partial charge in [-0.15, -0.1) is 0 Å². The van der Waals surface area contributed by atoms with E-state index in [1.807, 2.05) is 6.92 Å². The van der Waals surface area contributed by atoms with Crippen LogP contribution in [0.1, 0.15) is 50.4 Å². The van der Waals surface area contributed by atoms with Gasteiger partial charge >= 0.3 is 0 Å². The number of benzene rings is 1. The first-order chi connectivity index (χ1) is 12.4. The van der Waals surface area contributed by atoms with Crippen LogP contribution in [0.15, 0.2) is 29.2 Å². The Bertz CT molecular complexity index is 684. The van der Waals surface area contributed by atoms with Crippen molar-refractivity contribution in [2.45, 2.75) is 51.0 Å². The van der Waals surface area contributed by atoms with E-state index in [0.29, 0.717) is 18.7 Å². The molecule has 146 valence electrons. The van der Waals surface area contributed by atoms with Gasteiger partial charge in [-0.3, -0.25) is 4.79 Å². The van der Waals surface area contributed by atoms with E-state index in [4.69, 9.17) is 0 Å². The molecule has 0 saturated carbocycles. The van der Waals surface area contributed by atoms with Crippen molar-refractivity contribution in [1.82, 2.24) is 14.5 Å². The molecule has 0 bridgehead atoms. The highest BCUT2D eigenvalue weighted by molar-refractivity contribution is 7.89. The second-order valence-corrected chi connectivity index (χ2v) is 8.66. The number of hydrogen-bond acceptors (Lipinski definition) is 4. The summed E-state index contributed by atoms with van der Waals surface area (Å²) in [6, 6.07) is 6.28. The lowest BCUT2D eigenvalue weighted by Gasteiger charge is -2.32. The number of nitrogens with one attached hydrogen (secondary N) is 1. The molecule has 26 heavy (non-hydrogen) atoms. The van der Waals surface area contributed by atoms with Gasteiger partial charge in [-0.2, -0.15) is 4.31 Å². The number of hydrogen-bond donors (Lipinski definition) is 1. The van der Waals surface area contributed by atoms with Crippen molar-refractivity contribution >= 4 is 15.9 Å². The number of carbonyl (C=O) groups excluding carboxylic acids is 1. The Kier molecular flexibility index (Phi) is 7.61. The monoisotopic (exact) mass is 381 g/mol. The first-order valence-corrected chi connectivity index (χ1v) is 11.0. The summed E-state index contributed by atoms with van der Waals surface area (Å²) in [5.41, 5.74) is 0.482. The summed E-state index contributed by atoms with van der Waals surface area (Å²) in [5, 5.41) is 2.89. The van der Waals surface area contributed by atoms with E-state index in [1.165, 1.54) is 12.1 Å². The molecule has 1 atom stereocenters. The normalized spacial score (nSPS) is 18.8. The van der Waals surface area contributed by atoms with Crippen LogP contribution in [0, 0.1) is 0 Å². The van der Waals surface area contributed by atoms with E-state index in [0.717, 1.165) is 38.9 Å². The Hall–Kier alpha value is -1.44. The lowest BCUT2D eigenvalue weighted by molar-refractivity contribution is 0.0949. The first kappa shape index (κ1) is 20.9. The molecule has 1 aromatic carbocycles. The van der Waals surface area contributed by atoms with Crippen molar-refractivity contribution in [2.24, 2.45) is 0 Å². The van der Waals surface area contributed by atoms with Gasteiger partial charge in [0.15, 0.2) is 0 Å². The molecule has 1 N–H and O–H groups in total. The number of sulfonamides is 1. The highest BCUT2D eigenvalue weighted by Gasteiger charge is 2.30. The molecule has 2 rings (SSSR count). The minimum Gasteiger partial charge on any atom is -0.351 e. The molecule has 1 saturated heterocycles. The van der Waals surface area contributed by atoms with Crippen LogP contribution >= 0.6 is 0 Å². The Morgan fingerprint density at radius 3 is 2.42 bits per heavy atom. The molecule has 1 heterocycles. The molecule has 0 aliphatic carbocycles. The predicted molar refractivity (Wildman–Crippen MR) is 104 cm³/mol. The zero-order chi connectivity index (χ0) is 19.2. The van der Waals surface area contributed by atoms with Crippen molar-refractivity contribution in [2.75, 3.05) is 32.7 Å². The largest absolute Gasteiger partial charge is 0.351 e. The van der Waals surface area contributed by atoms with E-state index in [9.17, 15) is 13.2 Å². The van der Waals surface area contributed by atoms with E-state index in [1.54, 1.807) is 16.4 Å².